The van der Waals surface area contributed by atoms with Crippen LogP contribution in [0.5, 0.6) is 0 Å². The average Bonchev–Trinajstić information content (AvgIpc) is 2.95. The van der Waals surface area contributed by atoms with Crippen LogP contribution in [-0.4, -0.2) is 34.6 Å². The predicted octanol–water partition coefficient (Wildman–Crippen LogP) is 2.28. The Kier molecular flexibility index (Phi) is 4.46. The minimum absolute atomic E-state index is 0.142. The Morgan fingerprint density at radius 3 is 2.48 bits per heavy atom. The molecule has 0 unspecified atom stereocenters. The molecular weight excluding hydrogens is 283 g/mol. The van der Waals surface area contributed by atoms with Crippen LogP contribution in [0.15, 0.2) is 24.5 Å². The maximum atomic E-state index is 12.5. The minimum atomic E-state index is -4.43. The molecule has 2 rings (SSSR count). The van der Waals surface area contributed by atoms with Gasteiger partial charge in [-0.2, -0.15) is 13.2 Å². The lowest BCUT2D eigenvalue weighted by atomic mass is 10.2. The molecule has 0 bridgehead atoms. The molecule has 8 heteroatoms. The largest absolute Gasteiger partial charge is 0.432 e. The van der Waals surface area contributed by atoms with Crippen molar-refractivity contribution in [1.29, 1.82) is 0 Å². The van der Waals surface area contributed by atoms with Crippen LogP contribution >= 0.6 is 0 Å². The molecule has 0 aliphatic carbocycles. The lowest BCUT2D eigenvalue weighted by molar-refractivity contribution is -0.140. The van der Waals surface area contributed by atoms with Crippen LogP contribution in [0, 0.1) is 0 Å². The molecule has 21 heavy (non-hydrogen) atoms. The molecule has 0 amide bonds. The van der Waals surface area contributed by atoms with Crippen LogP contribution in [-0.2, 0) is 6.18 Å². The number of alkyl halides is 3. The Morgan fingerprint density at radius 2 is 2.00 bits per heavy atom. The number of H-pyrrole nitrogens is 1. The van der Waals surface area contributed by atoms with E-state index in [4.69, 9.17) is 5.73 Å². The monoisotopic (exact) mass is 299 g/mol. The quantitative estimate of drug-likeness (QED) is 0.888. The Bertz CT molecular complexity index is 576. The van der Waals surface area contributed by atoms with Crippen LogP contribution in [0.1, 0.15) is 12.6 Å². The Morgan fingerprint density at radius 1 is 1.24 bits per heavy atom. The highest BCUT2D eigenvalue weighted by molar-refractivity contribution is 5.56. The highest BCUT2D eigenvalue weighted by Crippen LogP contribution is 2.29. The van der Waals surface area contributed by atoms with E-state index in [9.17, 15) is 13.2 Å². The number of imidazole rings is 1. The molecule has 0 spiro atoms. The van der Waals surface area contributed by atoms with E-state index in [2.05, 4.69) is 15.0 Å². The highest BCUT2D eigenvalue weighted by atomic mass is 19.4. The van der Waals surface area contributed by atoms with Crippen LogP contribution in [0.2, 0.25) is 0 Å². The van der Waals surface area contributed by atoms with Gasteiger partial charge in [0.05, 0.1) is 6.20 Å². The third kappa shape index (κ3) is 3.52. The molecule has 0 aromatic carbocycles. The Balaban J connectivity index is 2.21. The maximum absolute atomic E-state index is 12.5. The molecule has 2 heterocycles. The number of aromatic amines is 1. The standard InChI is InChI=1S/C13H16F3N5/c1-2-21(6-5-17)11-4-3-9(7-18-11)12-19-8-10(20-12)13(14,15)16/h3-4,7-8H,2,5-6,17H2,1H3,(H,19,20). The predicted molar refractivity (Wildman–Crippen MR) is 73.8 cm³/mol. The summed E-state index contributed by atoms with van der Waals surface area (Å²) in [5.74, 6) is 0.873. The number of rotatable bonds is 5. The van der Waals surface area contributed by atoms with Gasteiger partial charge in [-0.3, -0.25) is 0 Å². The van der Waals surface area contributed by atoms with Gasteiger partial charge in [-0.05, 0) is 19.1 Å². The summed E-state index contributed by atoms with van der Waals surface area (Å²) >= 11 is 0. The highest BCUT2D eigenvalue weighted by Gasteiger charge is 2.33. The molecule has 0 atom stereocenters. The van der Waals surface area contributed by atoms with Gasteiger partial charge in [0.1, 0.15) is 17.3 Å². The summed E-state index contributed by atoms with van der Waals surface area (Å²) in [7, 11) is 0. The smallest absolute Gasteiger partial charge is 0.356 e. The molecule has 0 aliphatic rings. The molecule has 0 fully saturated rings. The number of halogens is 3. The first-order valence-electron chi connectivity index (χ1n) is 6.49. The van der Waals surface area contributed by atoms with E-state index in [1.807, 2.05) is 11.8 Å². The van der Waals surface area contributed by atoms with Crippen LogP contribution in [0.4, 0.5) is 19.0 Å². The molecule has 0 aliphatic heterocycles. The third-order valence-electron chi connectivity index (χ3n) is 3.01. The zero-order chi connectivity index (χ0) is 15.5. The molecule has 5 nitrogen and oxygen atoms in total. The van der Waals surface area contributed by atoms with E-state index in [1.54, 1.807) is 12.1 Å². The van der Waals surface area contributed by atoms with Crippen molar-refractivity contribution in [3.63, 3.8) is 0 Å². The zero-order valence-corrected chi connectivity index (χ0v) is 11.5. The number of aromatic nitrogens is 3. The van der Waals surface area contributed by atoms with Gasteiger partial charge in [-0.25, -0.2) is 9.97 Å². The van der Waals surface area contributed by atoms with Crippen molar-refractivity contribution in [2.24, 2.45) is 5.73 Å². The van der Waals surface area contributed by atoms with Crippen molar-refractivity contribution < 1.29 is 13.2 Å². The summed E-state index contributed by atoms with van der Waals surface area (Å²) in [5, 5.41) is 0. The fraction of sp³-hybridized carbons (Fsp3) is 0.385. The SMILES string of the molecule is CCN(CCN)c1ccc(-c2ncc(C(F)(F)F)[nH]2)cn1. The van der Waals surface area contributed by atoms with Crippen LogP contribution in [0.25, 0.3) is 11.4 Å². The summed E-state index contributed by atoms with van der Waals surface area (Å²) in [6.07, 6.45) is -2.16. The maximum Gasteiger partial charge on any atom is 0.432 e. The lowest BCUT2D eigenvalue weighted by Crippen LogP contribution is -2.29. The molecule has 3 N–H and O–H groups in total. The fourth-order valence-electron chi connectivity index (χ4n) is 1.92. The van der Waals surface area contributed by atoms with E-state index in [1.165, 1.54) is 6.20 Å². The fourth-order valence-corrected chi connectivity index (χ4v) is 1.92. The van der Waals surface area contributed by atoms with E-state index in [-0.39, 0.29) is 5.82 Å². The summed E-state index contributed by atoms with van der Waals surface area (Å²) in [4.78, 5) is 12.2. The number of anilines is 1. The normalized spacial score (nSPS) is 11.7. The second-order valence-corrected chi connectivity index (χ2v) is 4.42. The van der Waals surface area contributed by atoms with Crippen molar-refractivity contribution in [3.8, 4) is 11.4 Å². The number of hydrogen-bond donors (Lipinski definition) is 2. The van der Waals surface area contributed by atoms with E-state index >= 15 is 0 Å². The van der Waals surface area contributed by atoms with Crippen LogP contribution < -0.4 is 10.6 Å². The van der Waals surface area contributed by atoms with Gasteiger partial charge >= 0.3 is 6.18 Å². The molecule has 0 saturated carbocycles. The number of hydrogen-bond acceptors (Lipinski definition) is 4. The topological polar surface area (TPSA) is 70.8 Å². The first-order chi connectivity index (χ1) is 9.95. The summed E-state index contributed by atoms with van der Waals surface area (Å²) in [6, 6.07) is 3.42. The van der Waals surface area contributed by atoms with Gasteiger partial charge in [0.25, 0.3) is 0 Å². The second kappa shape index (κ2) is 6.13. The van der Waals surface area contributed by atoms with E-state index in [0.717, 1.165) is 18.6 Å². The van der Waals surface area contributed by atoms with E-state index in [0.29, 0.717) is 18.7 Å². The van der Waals surface area contributed by atoms with Crippen LogP contribution in [0.3, 0.4) is 0 Å². The van der Waals surface area contributed by atoms with E-state index < -0.39 is 11.9 Å². The molecule has 2 aromatic heterocycles. The van der Waals surface area contributed by atoms with Gasteiger partial charge in [-0.15, -0.1) is 0 Å². The van der Waals surface area contributed by atoms with Crippen molar-refractivity contribution >= 4 is 5.82 Å². The number of nitrogens with zero attached hydrogens (tertiary/aromatic N) is 3. The zero-order valence-electron chi connectivity index (χ0n) is 11.5. The minimum Gasteiger partial charge on any atom is -0.356 e. The van der Waals surface area contributed by atoms with Crippen molar-refractivity contribution in [3.05, 3.63) is 30.2 Å². The first kappa shape index (κ1) is 15.3. The first-order valence-corrected chi connectivity index (χ1v) is 6.49. The summed E-state index contributed by atoms with van der Waals surface area (Å²) in [6.45, 7) is 3.90. The number of nitrogens with two attached hydrogens (primary N) is 1. The van der Waals surface area contributed by atoms with Gasteiger partial charge in [0.15, 0.2) is 0 Å². The second-order valence-electron chi connectivity index (χ2n) is 4.42. The van der Waals surface area contributed by atoms with Gasteiger partial charge in [0, 0.05) is 31.4 Å². The molecule has 0 saturated heterocycles. The molecule has 114 valence electrons. The summed E-state index contributed by atoms with van der Waals surface area (Å²) in [5.41, 5.74) is 5.14. The van der Waals surface area contributed by atoms with Gasteiger partial charge < -0.3 is 15.6 Å². The third-order valence-corrected chi connectivity index (χ3v) is 3.01. The number of likely N-dealkylation sites (N-methyl/N-ethyl adjacent to an activating group) is 1. The molecule has 0 radical (unpaired) electrons. The molecule has 2 aromatic rings. The lowest BCUT2D eigenvalue weighted by Gasteiger charge is -2.20. The molecular formula is C13H16F3N5. The van der Waals surface area contributed by atoms with Gasteiger partial charge in [-0.1, -0.05) is 0 Å². The van der Waals surface area contributed by atoms with Crippen molar-refractivity contribution in [1.82, 2.24) is 15.0 Å². The Hall–Kier alpha value is -2.09. The van der Waals surface area contributed by atoms with Gasteiger partial charge in [0.2, 0.25) is 0 Å². The average molecular weight is 299 g/mol. The Labute approximate surface area is 120 Å². The summed E-state index contributed by atoms with van der Waals surface area (Å²) < 4.78 is 37.5. The number of pyridine rings is 1. The van der Waals surface area contributed by atoms with Crippen molar-refractivity contribution in [2.45, 2.75) is 13.1 Å². The van der Waals surface area contributed by atoms with Crippen molar-refractivity contribution in [2.75, 3.05) is 24.5 Å². The number of nitrogens with one attached hydrogen (secondary N) is 1.